The maximum absolute atomic E-state index is 13.3. The third kappa shape index (κ3) is 2.64. The fraction of sp³-hybridized carbons (Fsp3) is 0.200. The largest absolute Gasteiger partial charge is 0.293 e. The first-order chi connectivity index (χ1) is 13.3. The number of rotatable bonds is 3. The van der Waals surface area contributed by atoms with Gasteiger partial charge in [-0.25, -0.2) is 9.91 Å². The van der Waals surface area contributed by atoms with E-state index in [0.29, 0.717) is 27.0 Å². The highest BCUT2D eigenvalue weighted by Crippen LogP contribution is 2.41. The minimum Gasteiger partial charge on any atom is -0.293 e. The minimum absolute atomic E-state index is 0.0467. The number of amides is 2. The summed E-state index contributed by atoms with van der Waals surface area (Å²) in [5, 5.41) is 6.48. The van der Waals surface area contributed by atoms with Crippen molar-refractivity contribution in [2.24, 2.45) is 11.0 Å². The second-order valence-corrected chi connectivity index (χ2v) is 7.47. The number of anilines is 2. The Morgan fingerprint density at radius 3 is 2.29 bits per heavy atom. The Morgan fingerprint density at radius 1 is 0.964 bits per heavy atom. The van der Waals surface area contributed by atoms with Crippen LogP contribution in [0.25, 0.3) is 0 Å². The summed E-state index contributed by atoms with van der Waals surface area (Å²) in [6.45, 7) is 3.06. The summed E-state index contributed by atoms with van der Waals surface area (Å²) >= 11 is 12.5. The SMILES string of the molecule is CC(=O)C1=NN(c2ccccc2Cl)[C@H]2C(=O)N(c3cccc(Cl)c3C)C(=O)[C@H]12. The van der Waals surface area contributed by atoms with Crippen LogP contribution in [-0.2, 0) is 14.4 Å². The van der Waals surface area contributed by atoms with Gasteiger partial charge in [-0.2, -0.15) is 5.10 Å². The number of halogens is 2. The molecule has 1 saturated heterocycles. The van der Waals surface area contributed by atoms with E-state index in [9.17, 15) is 14.4 Å². The molecule has 0 saturated carbocycles. The molecule has 142 valence electrons. The predicted octanol–water partition coefficient (Wildman–Crippen LogP) is 3.63. The van der Waals surface area contributed by atoms with Crippen LogP contribution in [0.1, 0.15) is 12.5 Å². The molecule has 4 rings (SSSR count). The van der Waals surface area contributed by atoms with Gasteiger partial charge < -0.3 is 0 Å². The molecule has 2 aliphatic heterocycles. The van der Waals surface area contributed by atoms with E-state index in [-0.39, 0.29) is 11.5 Å². The van der Waals surface area contributed by atoms with Crippen LogP contribution in [0.15, 0.2) is 47.6 Å². The number of Topliss-reactive ketones (excluding diaryl/α,β-unsaturated/α-hetero) is 1. The van der Waals surface area contributed by atoms with Crippen LogP contribution in [0.2, 0.25) is 10.0 Å². The number of ketones is 1. The van der Waals surface area contributed by atoms with Crippen molar-refractivity contribution in [1.82, 2.24) is 0 Å². The fourth-order valence-electron chi connectivity index (χ4n) is 3.62. The number of carbonyl (C=O) groups is 3. The molecule has 0 radical (unpaired) electrons. The number of fused-ring (bicyclic) bond motifs is 1. The lowest BCUT2D eigenvalue weighted by Gasteiger charge is -2.23. The van der Waals surface area contributed by atoms with Gasteiger partial charge in [0, 0.05) is 11.9 Å². The van der Waals surface area contributed by atoms with Crippen LogP contribution in [0.3, 0.4) is 0 Å². The zero-order valence-corrected chi connectivity index (χ0v) is 16.5. The van der Waals surface area contributed by atoms with Crippen molar-refractivity contribution in [3.05, 3.63) is 58.1 Å². The van der Waals surface area contributed by atoms with Crippen molar-refractivity contribution in [3.63, 3.8) is 0 Å². The molecular weight excluding hydrogens is 401 g/mol. The lowest BCUT2D eigenvalue weighted by atomic mass is 9.95. The molecule has 0 N–H and O–H groups in total. The molecule has 0 aromatic heterocycles. The van der Waals surface area contributed by atoms with Crippen molar-refractivity contribution < 1.29 is 14.4 Å². The van der Waals surface area contributed by atoms with Crippen LogP contribution in [-0.4, -0.2) is 29.4 Å². The summed E-state index contributed by atoms with van der Waals surface area (Å²) in [6, 6.07) is 10.9. The van der Waals surface area contributed by atoms with Gasteiger partial charge in [-0.15, -0.1) is 0 Å². The average Bonchev–Trinajstić information content (AvgIpc) is 3.16. The van der Waals surface area contributed by atoms with Gasteiger partial charge in [0.2, 0.25) is 5.91 Å². The molecule has 2 aromatic carbocycles. The van der Waals surface area contributed by atoms with E-state index >= 15 is 0 Å². The molecule has 0 unspecified atom stereocenters. The molecule has 0 aliphatic carbocycles. The maximum Gasteiger partial charge on any atom is 0.259 e. The van der Waals surface area contributed by atoms with E-state index in [0.717, 1.165) is 4.90 Å². The van der Waals surface area contributed by atoms with Gasteiger partial charge in [0.25, 0.3) is 5.91 Å². The predicted molar refractivity (Wildman–Crippen MR) is 108 cm³/mol. The molecule has 2 heterocycles. The third-order valence-corrected chi connectivity index (χ3v) is 5.72. The molecule has 0 bridgehead atoms. The van der Waals surface area contributed by atoms with Gasteiger partial charge in [-0.05, 0) is 36.8 Å². The lowest BCUT2D eigenvalue weighted by Crippen LogP contribution is -2.39. The third-order valence-electron chi connectivity index (χ3n) is 4.99. The molecule has 8 heteroatoms. The second-order valence-electron chi connectivity index (χ2n) is 6.66. The van der Waals surface area contributed by atoms with Crippen LogP contribution in [0, 0.1) is 12.8 Å². The van der Waals surface area contributed by atoms with Crippen molar-refractivity contribution in [1.29, 1.82) is 0 Å². The van der Waals surface area contributed by atoms with Crippen molar-refractivity contribution >= 4 is 57.9 Å². The molecule has 1 fully saturated rings. The Labute approximate surface area is 171 Å². The number of hydrogen-bond acceptors (Lipinski definition) is 5. The second kappa shape index (κ2) is 6.72. The number of carbonyl (C=O) groups excluding carboxylic acids is 3. The van der Waals surface area contributed by atoms with E-state index in [4.69, 9.17) is 23.2 Å². The summed E-state index contributed by atoms with van der Waals surface area (Å²) in [5.41, 5.74) is 1.52. The van der Waals surface area contributed by atoms with E-state index in [2.05, 4.69) is 5.10 Å². The quantitative estimate of drug-likeness (QED) is 0.717. The highest BCUT2D eigenvalue weighted by molar-refractivity contribution is 6.49. The molecule has 2 atom stereocenters. The molecular formula is C20H15Cl2N3O3. The molecule has 2 aromatic rings. The molecule has 6 nitrogen and oxygen atoms in total. The van der Waals surface area contributed by atoms with Crippen molar-refractivity contribution in [2.45, 2.75) is 19.9 Å². The van der Waals surface area contributed by atoms with Crippen molar-refractivity contribution in [3.8, 4) is 0 Å². The van der Waals surface area contributed by atoms with E-state index in [1.165, 1.54) is 11.9 Å². The number of para-hydroxylation sites is 1. The van der Waals surface area contributed by atoms with Gasteiger partial charge in [-0.3, -0.25) is 14.4 Å². The molecule has 0 spiro atoms. The average molecular weight is 416 g/mol. The topological polar surface area (TPSA) is 70.1 Å². The van der Waals surface area contributed by atoms with Gasteiger partial charge >= 0.3 is 0 Å². The number of hydrazone groups is 1. The number of nitrogens with zero attached hydrogens (tertiary/aromatic N) is 3. The zero-order valence-electron chi connectivity index (χ0n) is 15.0. The van der Waals surface area contributed by atoms with Gasteiger partial charge in [0.15, 0.2) is 5.78 Å². The van der Waals surface area contributed by atoms with Crippen LogP contribution in [0.5, 0.6) is 0 Å². The first-order valence-corrected chi connectivity index (χ1v) is 9.34. The Morgan fingerprint density at radius 2 is 1.61 bits per heavy atom. The highest BCUT2D eigenvalue weighted by atomic mass is 35.5. The Bertz CT molecular complexity index is 1070. The summed E-state index contributed by atoms with van der Waals surface area (Å²) in [6.07, 6.45) is 0. The number of imide groups is 1. The minimum atomic E-state index is -0.986. The van der Waals surface area contributed by atoms with Gasteiger partial charge in [0.05, 0.1) is 16.4 Å². The molecule has 28 heavy (non-hydrogen) atoms. The van der Waals surface area contributed by atoms with Crippen LogP contribution in [0.4, 0.5) is 11.4 Å². The Kier molecular flexibility index (Phi) is 4.48. The lowest BCUT2D eigenvalue weighted by molar-refractivity contribution is -0.122. The molecule has 2 amide bonds. The maximum atomic E-state index is 13.3. The normalized spacial score (nSPS) is 21.2. The van der Waals surface area contributed by atoms with Crippen LogP contribution < -0.4 is 9.91 Å². The van der Waals surface area contributed by atoms with Crippen molar-refractivity contribution in [2.75, 3.05) is 9.91 Å². The summed E-state index contributed by atoms with van der Waals surface area (Å²) in [7, 11) is 0. The number of benzene rings is 2. The van der Waals surface area contributed by atoms with E-state index < -0.39 is 23.8 Å². The fourth-order valence-corrected chi connectivity index (χ4v) is 4.01. The van der Waals surface area contributed by atoms with E-state index in [1.54, 1.807) is 49.4 Å². The van der Waals surface area contributed by atoms with Crippen LogP contribution >= 0.6 is 23.2 Å². The summed E-state index contributed by atoms with van der Waals surface area (Å²) in [5.74, 6) is -2.32. The Balaban J connectivity index is 1.86. The monoisotopic (exact) mass is 415 g/mol. The summed E-state index contributed by atoms with van der Waals surface area (Å²) in [4.78, 5) is 39.8. The Hall–Kier alpha value is -2.70. The van der Waals surface area contributed by atoms with Gasteiger partial charge in [0.1, 0.15) is 17.7 Å². The highest BCUT2D eigenvalue weighted by Gasteiger charge is 2.58. The first kappa shape index (κ1) is 18.7. The summed E-state index contributed by atoms with van der Waals surface area (Å²) < 4.78 is 0. The number of hydrogen-bond donors (Lipinski definition) is 0. The molecule has 2 aliphatic rings. The smallest absolute Gasteiger partial charge is 0.259 e. The van der Waals surface area contributed by atoms with Gasteiger partial charge in [-0.1, -0.05) is 41.4 Å². The van der Waals surface area contributed by atoms with E-state index in [1.807, 2.05) is 0 Å². The zero-order chi connectivity index (χ0) is 20.2. The first-order valence-electron chi connectivity index (χ1n) is 8.59. The standard InChI is InChI=1S/C20H15Cl2N3O3/c1-10-12(21)7-5-9-14(10)24-19(27)16-17(11(2)26)23-25(18(16)20(24)28)15-8-4-3-6-13(15)22/h3-9,16,18H,1-2H3/t16-,18-/m1/s1.